The highest BCUT2D eigenvalue weighted by Gasteiger charge is 2.29. The van der Waals surface area contributed by atoms with Crippen LogP contribution in [0.5, 0.6) is 0 Å². The molecule has 6 rings (SSSR count). The number of amides is 1. The average Bonchev–Trinajstić information content (AvgIpc) is 2.96. The molecule has 0 spiro atoms. The molecule has 2 aliphatic heterocycles. The quantitative estimate of drug-likeness (QED) is 0.381. The highest BCUT2D eigenvalue weighted by molar-refractivity contribution is 5.95. The van der Waals surface area contributed by atoms with Crippen LogP contribution >= 0.6 is 0 Å². The lowest BCUT2D eigenvalue weighted by Gasteiger charge is -2.36. The van der Waals surface area contributed by atoms with Crippen molar-refractivity contribution in [1.29, 1.82) is 0 Å². The number of carbonyl (C=O) groups excluding carboxylic acids is 1. The van der Waals surface area contributed by atoms with Crippen LogP contribution in [-0.2, 0) is 11.2 Å². The first kappa shape index (κ1) is 24.1. The summed E-state index contributed by atoms with van der Waals surface area (Å²) in [6, 6.07) is 15.1. The van der Waals surface area contributed by atoms with Gasteiger partial charge in [0.15, 0.2) is 0 Å². The van der Waals surface area contributed by atoms with Crippen molar-refractivity contribution >= 4 is 28.3 Å². The summed E-state index contributed by atoms with van der Waals surface area (Å²) < 4.78 is 0. The van der Waals surface area contributed by atoms with Crippen molar-refractivity contribution in [2.24, 2.45) is 5.92 Å². The number of allylic oxidation sites excluding steroid dienone is 1. The molecule has 1 saturated heterocycles. The fraction of sp³-hybridized carbons (Fsp3) is 0.290. The molecule has 7 nitrogen and oxygen atoms in total. The zero-order valence-electron chi connectivity index (χ0n) is 21.8. The van der Waals surface area contributed by atoms with Crippen molar-refractivity contribution in [3.8, 4) is 11.1 Å². The maximum atomic E-state index is 11.9. The molecule has 1 unspecified atom stereocenters. The van der Waals surface area contributed by atoms with Gasteiger partial charge in [-0.15, -0.1) is 0 Å². The third kappa shape index (κ3) is 4.72. The summed E-state index contributed by atoms with van der Waals surface area (Å²) in [5.74, 6) is 0.526. The van der Waals surface area contributed by atoms with Crippen molar-refractivity contribution in [2.45, 2.75) is 32.2 Å². The van der Waals surface area contributed by atoms with Crippen LogP contribution in [0.3, 0.4) is 0 Å². The van der Waals surface area contributed by atoms with Crippen LogP contribution in [0.4, 0.5) is 11.4 Å². The molecule has 0 bridgehead atoms. The van der Waals surface area contributed by atoms with Gasteiger partial charge in [0.05, 0.1) is 17.1 Å². The van der Waals surface area contributed by atoms with Gasteiger partial charge < -0.3 is 15.1 Å². The Labute approximate surface area is 223 Å². The Kier molecular flexibility index (Phi) is 6.50. The van der Waals surface area contributed by atoms with E-state index in [1.807, 2.05) is 23.4 Å². The first-order valence-electron chi connectivity index (χ1n) is 13.3. The minimum absolute atomic E-state index is 0.0691. The fourth-order valence-electron chi connectivity index (χ4n) is 5.79. The SMILES string of the molecule is CC(=O)N1CCC(C(Nc2cc(-c3ccc4c(c3)N(C)C=CC4)c3nccnc3c2)c2cccnc2)CC1. The number of fused-ring (bicyclic) bond motifs is 2. The van der Waals surface area contributed by atoms with Gasteiger partial charge in [-0.2, -0.15) is 0 Å². The lowest BCUT2D eigenvalue weighted by molar-refractivity contribution is -0.130. The second-order valence-corrected chi connectivity index (χ2v) is 10.2. The standard InChI is InChI=1S/C31H32N6O/c1-21(38)37-15-9-23(10-16-37)30(25-5-3-11-32-20-25)35-26-18-27(31-28(19-26)33-12-13-34-31)24-8-7-22-6-4-14-36(2)29(22)17-24/h3-5,7-8,11-14,17-20,23,30,35H,6,9-10,15-16H2,1-2H3. The second kappa shape index (κ2) is 10.2. The van der Waals surface area contributed by atoms with Gasteiger partial charge >= 0.3 is 0 Å². The second-order valence-electron chi connectivity index (χ2n) is 10.2. The molecular weight excluding hydrogens is 472 g/mol. The monoisotopic (exact) mass is 504 g/mol. The van der Waals surface area contributed by atoms with E-state index in [4.69, 9.17) is 4.98 Å². The summed E-state index contributed by atoms with van der Waals surface area (Å²) in [6.07, 6.45) is 14.4. The van der Waals surface area contributed by atoms with E-state index in [2.05, 4.69) is 75.9 Å². The lowest BCUT2D eigenvalue weighted by atomic mass is 9.85. The van der Waals surface area contributed by atoms with Gasteiger partial charge in [-0.05, 0) is 66.1 Å². The molecule has 1 fully saturated rings. The van der Waals surface area contributed by atoms with Crippen LogP contribution in [0.25, 0.3) is 22.2 Å². The maximum Gasteiger partial charge on any atom is 0.219 e. The molecule has 2 aromatic heterocycles. The van der Waals surface area contributed by atoms with Crippen molar-refractivity contribution in [3.63, 3.8) is 0 Å². The Morgan fingerprint density at radius 1 is 1.05 bits per heavy atom. The van der Waals surface area contributed by atoms with E-state index in [-0.39, 0.29) is 11.9 Å². The molecule has 38 heavy (non-hydrogen) atoms. The number of hydrogen-bond donors (Lipinski definition) is 1. The van der Waals surface area contributed by atoms with E-state index in [0.717, 1.165) is 65.8 Å². The largest absolute Gasteiger partial charge is 0.378 e. The summed E-state index contributed by atoms with van der Waals surface area (Å²) in [4.78, 5) is 29.8. The van der Waals surface area contributed by atoms with E-state index in [0.29, 0.717) is 5.92 Å². The number of nitrogens with one attached hydrogen (secondary N) is 1. The van der Waals surface area contributed by atoms with Crippen molar-refractivity contribution in [2.75, 3.05) is 30.4 Å². The average molecular weight is 505 g/mol. The Morgan fingerprint density at radius 2 is 1.89 bits per heavy atom. The molecule has 0 aliphatic carbocycles. The minimum atomic E-state index is 0.0691. The normalized spacial score (nSPS) is 16.4. The predicted octanol–water partition coefficient (Wildman–Crippen LogP) is 5.61. The van der Waals surface area contributed by atoms with Crippen LogP contribution in [-0.4, -0.2) is 45.9 Å². The number of pyridine rings is 1. The zero-order chi connectivity index (χ0) is 26.1. The molecule has 4 heterocycles. The van der Waals surface area contributed by atoms with E-state index in [1.54, 1.807) is 19.3 Å². The Bertz CT molecular complexity index is 1490. The van der Waals surface area contributed by atoms with Crippen LogP contribution in [0, 0.1) is 5.92 Å². The van der Waals surface area contributed by atoms with Crippen molar-refractivity contribution < 1.29 is 4.79 Å². The number of likely N-dealkylation sites (tertiary alicyclic amines) is 1. The molecule has 192 valence electrons. The number of aromatic nitrogens is 3. The van der Waals surface area contributed by atoms with E-state index in [1.165, 1.54) is 11.3 Å². The number of hydrogen-bond acceptors (Lipinski definition) is 6. The molecular formula is C31H32N6O. The summed E-state index contributed by atoms with van der Waals surface area (Å²) in [5, 5.41) is 3.85. The third-order valence-electron chi connectivity index (χ3n) is 7.84. The topological polar surface area (TPSA) is 74.2 Å². The molecule has 0 radical (unpaired) electrons. The molecule has 1 amide bonds. The highest BCUT2D eigenvalue weighted by atomic mass is 16.2. The summed E-state index contributed by atoms with van der Waals surface area (Å²) in [7, 11) is 2.09. The van der Waals surface area contributed by atoms with Gasteiger partial charge in [0.25, 0.3) is 0 Å². The molecule has 1 atom stereocenters. The number of piperidine rings is 1. The van der Waals surface area contributed by atoms with Crippen LogP contribution in [0.2, 0.25) is 0 Å². The Hall–Kier alpha value is -4.26. The predicted molar refractivity (Wildman–Crippen MR) is 152 cm³/mol. The highest BCUT2D eigenvalue weighted by Crippen LogP contribution is 2.38. The number of anilines is 2. The molecule has 2 aromatic carbocycles. The van der Waals surface area contributed by atoms with Crippen molar-refractivity contribution in [1.82, 2.24) is 19.9 Å². The van der Waals surface area contributed by atoms with Gasteiger partial charge in [-0.25, -0.2) is 0 Å². The van der Waals surface area contributed by atoms with Crippen molar-refractivity contribution in [3.05, 3.63) is 90.7 Å². The molecule has 7 heteroatoms. The smallest absolute Gasteiger partial charge is 0.219 e. The van der Waals surface area contributed by atoms with Gasteiger partial charge in [0.2, 0.25) is 5.91 Å². The Balaban J connectivity index is 1.39. The Morgan fingerprint density at radius 3 is 2.68 bits per heavy atom. The van der Waals surface area contributed by atoms with Gasteiger partial charge in [0.1, 0.15) is 0 Å². The van der Waals surface area contributed by atoms with Gasteiger partial charge in [-0.1, -0.05) is 24.3 Å². The van der Waals surface area contributed by atoms with E-state index >= 15 is 0 Å². The van der Waals surface area contributed by atoms with Gasteiger partial charge in [-0.3, -0.25) is 19.7 Å². The van der Waals surface area contributed by atoms with Crippen LogP contribution in [0.15, 0.2) is 79.5 Å². The zero-order valence-corrected chi connectivity index (χ0v) is 21.8. The maximum absolute atomic E-state index is 11.9. The van der Waals surface area contributed by atoms with Crippen LogP contribution < -0.4 is 10.2 Å². The molecule has 0 saturated carbocycles. The first-order chi connectivity index (χ1) is 18.6. The number of carbonyl (C=O) groups is 1. The fourth-order valence-corrected chi connectivity index (χ4v) is 5.79. The van der Waals surface area contributed by atoms with E-state index in [9.17, 15) is 4.79 Å². The number of rotatable bonds is 5. The molecule has 1 N–H and O–H groups in total. The minimum Gasteiger partial charge on any atom is -0.378 e. The van der Waals surface area contributed by atoms with Crippen LogP contribution in [0.1, 0.15) is 36.9 Å². The molecule has 4 aromatic rings. The summed E-state index contributed by atoms with van der Waals surface area (Å²) in [5.41, 5.74) is 8.60. The third-order valence-corrected chi connectivity index (χ3v) is 7.84. The summed E-state index contributed by atoms with van der Waals surface area (Å²) >= 11 is 0. The number of nitrogens with zero attached hydrogens (tertiary/aromatic N) is 5. The molecule has 2 aliphatic rings. The summed E-state index contributed by atoms with van der Waals surface area (Å²) in [6.45, 7) is 3.22. The van der Waals surface area contributed by atoms with E-state index < -0.39 is 0 Å². The lowest BCUT2D eigenvalue weighted by Crippen LogP contribution is -2.39. The first-order valence-corrected chi connectivity index (χ1v) is 13.3. The number of benzene rings is 2. The van der Waals surface area contributed by atoms with Gasteiger partial charge in [0, 0.05) is 75.0 Å².